The zero-order chi connectivity index (χ0) is 22.7. The maximum absolute atomic E-state index is 13.4. The minimum absolute atomic E-state index is 0.0253. The number of amides is 2. The fourth-order valence-corrected chi connectivity index (χ4v) is 4.49. The van der Waals surface area contributed by atoms with Crippen LogP contribution in [0.15, 0.2) is 30.4 Å². The summed E-state index contributed by atoms with van der Waals surface area (Å²) in [6, 6.07) is 3.75. The molecular weight excluding hydrogens is 434 g/mol. The van der Waals surface area contributed by atoms with Crippen molar-refractivity contribution in [1.29, 1.82) is 0 Å². The van der Waals surface area contributed by atoms with E-state index in [9.17, 15) is 29.1 Å². The van der Waals surface area contributed by atoms with Gasteiger partial charge in [-0.3, -0.25) is 19.2 Å². The number of esters is 2. The Morgan fingerprint density at radius 2 is 1.81 bits per heavy atom. The maximum atomic E-state index is 13.4. The van der Waals surface area contributed by atoms with Gasteiger partial charge in [-0.25, -0.2) is 9.69 Å². The lowest BCUT2D eigenvalue weighted by atomic mass is 9.76. The molecule has 2 bridgehead atoms. The van der Waals surface area contributed by atoms with Gasteiger partial charge in [-0.1, -0.05) is 17.7 Å². The molecule has 2 amide bonds. The molecule has 4 atom stereocenters. The normalized spacial score (nSPS) is 28.3. The third-order valence-corrected chi connectivity index (χ3v) is 5.76. The monoisotopic (exact) mass is 449 g/mol. The van der Waals surface area contributed by atoms with Crippen LogP contribution in [0.4, 0.5) is 5.69 Å². The quantitative estimate of drug-likeness (QED) is 0.305. The molecule has 3 aliphatic heterocycles. The summed E-state index contributed by atoms with van der Waals surface area (Å²) in [5, 5.41) is 9.25. The molecule has 10 nitrogen and oxygen atoms in total. The van der Waals surface area contributed by atoms with E-state index in [1.165, 1.54) is 18.2 Å². The topological polar surface area (TPSA) is 137 Å². The number of carboxylic acids is 1. The van der Waals surface area contributed by atoms with Crippen LogP contribution < -0.4 is 4.90 Å². The molecule has 31 heavy (non-hydrogen) atoms. The fourth-order valence-electron chi connectivity index (χ4n) is 4.29. The summed E-state index contributed by atoms with van der Waals surface area (Å²) in [5.74, 6) is -6.31. The lowest BCUT2D eigenvalue weighted by molar-refractivity contribution is -0.226. The van der Waals surface area contributed by atoms with Crippen molar-refractivity contribution in [3.05, 3.63) is 40.9 Å². The Kier molecular flexibility index (Phi) is 4.86. The van der Waals surface area contributed by atoms with Crippen molar-refractivity contribution in [2.45, 2.75) is 31.8 Å². The summed E-state index contributed by atoms with van der Waals surface area (Å²) in [5.41, 5.74) is -1.94. The molecule has 2 saturated heterocycles. The number of carboxylic acid groups (broad SMARTS) is 1. The number of rotatable bonds is 5. The van der Waals surface area contributed by atoms with Gasteiger partial charge in [0.15, 0.2) is 5.60 Å². The largest absolute Gasteiger partial charge is 0.478 e. The Labute approximate surface area is 180 Å². The molecule has 2 fully saturated rings. The molecule has 3 heterocycles. The summed E-state index contributed by atoms with van der Waals surface area (Å²) in [6.07, 6.45) is 0.594. The molecule has 1 N–H and O–H groups in total. The molecule has 0 aliphatic carbocycles. The van der Waals surface area contributed by atoms with Crippen molar-refractivity contribution in [2.24, 2.45) is 11.8 Å². The van der Waals surface area contributed by atoms with Crippen LogP contribution in [0.5, 0.6) is 0 Å². The van der Waals surface area contributed by atoms with E-state index in [1.807, 2.05) is 0 Å². The number of anilines is 1. The van der Waals surface area contributed by atoms with Crippen LogP contribution in [0.3, 0.4) is 0 Å². The highest BCUT2D eigenvalue weighted by atomic mass is 35.5. The number of hydrogen-bond donors (Lipinski definition) is 1. The van der Waals surface area contributed by atoms with Crippen molar-refractivity contribution >= 4 is 47.0 Å². The number of ether oxygens (including phenoxy) is 3. The second-order valence-corrected chi connectivity index (χ2v) is 7.74. The van der Waals surface area contributed by atoms with E-state index in [0.29, 0.717) is 0 Å². The minimum Gasteiger partial charge on any atom is -0.478 e. The second kappa shape index (κ2) is 7.17. The first-order valence-corrected chi connectivity index (χ1v) is 9.57. The number of nitrogens with zero attached hydrogens (tertiary/aromatic N) is 1. The molecule has 0 aromatic heterocycles. The van der Waals surface area contributed by atoms with Crippen molar-refractivity contribution in [3.8, 4) is 0 Å². The predicted molar refractivity (Wildman–Crippen MR) is 102 cm³/mol. The third kappa shape index (κ3) is 3.10. The van der Waals surface area contributed by atoms with Gasteiger partial charge in [0.1, 0.15) is 0 Å². The number of carbonyl (C=O) groups excluding carboxylic acids is 4. The van der Waals surface area contributed by atoms with E-state index < -0.39 is 59.6 Å². The Morgan fingerprint density at radius 3 is 2.39 bits per heavy atom. The summed E-state index contributed by atoms with van der Waals surface area (Å²) >= 11 is 5.89. The van der Waals surface area contributed by atoms with Crippen LogP contribution >= 0.6 is 11.6 Å². The van der Waals surface area contributed by atoms with Crippen LogP contribution in [0.1, 0.15) is 24.2 Å². The molecule has 162 valence electrons. The number of fused-ring (bicyclic) bond motifs is 5. The van der Waals surface area contributed by atoms with Crippen LogP contribution in [0.25, 0.3) is 0 Å². The van der Waals surface area contributed by atoms with Gasteiger partial charge < -0.3 is 19.3 Å². The number of carbonyl (C=O) groups is 5. The summed E-state index contributed by atoms with van der Waals surface area (Å²) in [7, 11) is 0. The van der Waals surface area contributed by atoms with E-state index in [4.69, 9.17) is 25.8 Å². The first-order valence-electron chi connectivity index (χ1n) is 9.19. The van der Waals surface area contributed by atoms with E-state index in [2.05, 4.69) is 0 Å². The van der Waals surface area contributed by atoms with Gasteiger partial charge in [-0.2, -0.15) is 0 Å². The molecule has 1 aromatic carbocycles. The highest BCUT2D eigenvalue weighted by molar-refractivity contribution is 6.34. The molecule has 4 rings (SSSR count). The summed E-state index contributed by atoms with van der Waals surface area (Å²) in [4.78, 5) is 62.0. The molecule has 0 saturated carbocycles. The van der Waals surface area contributed by atoms with Crippen molar-refractivity contribution in [1.82, 2.24) is 0 Å². The Hall–Kier alpha value is -3.24. The summed E-state index contributed by atoms with van der Waals surface area (Å²) < 4.78 is 16.1. The van der Waals surface area contributed by atoms with Crippen molar-refractivity contribution in [2.75, 3.05) is 4.90 Å². The first-order chi connectivity index (χ1) is 14.6. The third-order valence-electron chi connectivity index (χ3n) is 5.43. The van der Waals surface area contributed by atoms with Crippen LogP contribution in [-0.2, 0) is 33.4 Å². The van der Waals surface area contributed by atoms with Crippen LogP contribution in [0.2, 0.25) is 5.02 Å². The Balaban J connectivity index is 1.76. The molecular formula is C20H16ClNO9. The first kappa shape index (κ1) is 21.0. The van der Waals surface area contributed by atoms with Crippen LogP contribution in [-0.4, -0.2) is 52.8 Å². The van der Waals surface area contributed by atoms with Crippen molar-refractivity contribution in [3.63, 3.8) is 0 Å². The van der Waals surface area contributed by atoms with E-state index in [1.54, 1.807) is 6.08 Å². The van der Waals surface area contributed by atoms with Gasteiger partial charge in [0.25, 0.3) is 6.29 Å². The number of imide groups is 1. The van der Waals surface area contributed by atoms with Gasteiger partial charge in [0, 0.05) is 13.8 Å². The van der Waals surface area contributed by atoms with Gasteiger partial charge in [-0.15, -0.1) is 0 Å². The van der Waals surface area contributed by atoms with Gasteiger partial charge in [0.2, 0.25) is 11.8 Å². The number of benzene rings is 1. The highest BCUT2D eigenvalue weighted by Crippen LogP contribution is 2.54. The number of halogens is 1. The molecule has 1 aromatic rings. The average molecular weight is 450 g/mol. The predicted octanol–water partition coefficient (Wildman–Crippen LogP) is 1.30. The minimum atomic E-state index is -1.68. The number of hydrogen-bond acceptors (Lipinski definition) is 8. The van der Waals surface area contributed by atoms with Gasteiger partial charge in [-0.05, 0) is 24.3 Å². The molecule has 11 heteroatoms. The van der Waals surface area contributed by atoms with Gasteiger partial charge in [0.05, 0.1) is 34.2 Å². The molecule has 4 unspecified atom stereocenters. The Bertz CT molecular complexity index is 1050. The molecule has 0 radical (unpaired) electrons. The standard InChI is InChI=1S/C20H16ClNO9/c1-8(23)29-19(30-9(2)24)20-6-5-13(31-20)14-15(20)17(26)22(16(14)25)10-3-4-12(21)11(7-10)18(27)28/h3-7,13-15,19H,1-2H3,(H,27,28). The molecule has 3 aliphatic rings. The van der Waals surface area contributed by atoms with E-state index in [0.717, 1.165) is 24.8 Å². The lowest BCUT2D eigenvalue weighted by Crippen LogP contribution is -2.52. The highest BCUT2D eigenvalue weighted by Gasteiger charge is 2.72. The molecule has 0 spiro atoms. The second-order valence-electron chi connectivity index (χ2n) is 7.33. The number of aromatic carboxylic acids is 1. The fraction of sp³-hybridized carbons (Fsp3) is 0.350. The summed E-state index contributed by atoms with van der Waals surface area (Å²) in [6.45, 7) is 2.20. The Morgan fingerprint density at radius 1 is 1.16 bits per heavy atom. The smallest absolute Gasteiger partial charge is 0.337 e. The maximum Gasteiger partial charge on any atom is 0.337 e. The lowest BCUT2D eigenvalue weighted by Gasteiger charge is -2.34. The zero-order valence-corrected chi connectivity index (χ0v) is 17.0. The average Bonchev–Trinajstić information content (AvgIpc) is 3.32. The van der Waals surface area contributed by atoms with Crippen LogP contribution in [0, 0.1) is 11.8 Å². The zero-order valence-electron chi connectivity index (χ0n) is 16.2. The SMILES string of the molecule is CC(=O)OC(OC(C)=O)C12C=CC(O1)C1C(=O)N(c3ccc(Cl)c(C(=O)O)c3)C(=O)C12. The van der Waals surface area contributed by atoms with E-state index in [-0.39, 0.29) is 16.3 Å². The van der Waals surface area contributed by atoms with Gasteiger partial charge >= 0.3 is 17.9 Å². The van der Waals surface area contributed by atoms with Crippen molar-refractivity contribution < 1.29 is 43.3 Å². The van der Waals surface area contributed by atoms with E-state index >= 15 is 0 Å².